The summed E-state index contributed by atoms with van der Waals surface area (Å²) in [5.74, 6) is -6.55. The zero-order chi connectivity index (χ0) is 36.8. The minimum Gasteiger partial charge on any atom is -0.463 e. The fourth-order valence-electron chi connectivity index (χ4n) is 4.66. The molecule has 0 bridgehead atoms. The van der Waals surface area contributed by atoms with Crippen LogP contribution in [0, 0.1) is 0 Å². The number of ether oxygens (including phenoxy) is 7. The molecule has 0 unspecified atom stereocenters. The Bertz CT molecular complexity index is 1550. The Morgan fingerprint density at radius 1 is 0.700 bits per heavy atom. The highest BCUT2D eigenvalue weighted by Crippen LogP contribution is 2.28. The summed E-state index contributed by atoms with van der Waals surface area (Å²) in [5, 5.41) is 4.53. The maximum absolute atomic E-state index is 13.4. The molecule has 6 atom stereocenters. The van der Waals surface area contributed by atoms with Crippen molar-refractivity contribution >= 4 is 47.8 Å². The van der Waals surface area contributed by atoms with Crippen LogP contribution in [0.4, 0.5) is 4.79 Å². The summed E-state index contributed by atoms with van der Waals surface area (Å²) in [7, 11) is 0. The Kier molecular flexibility index (Phi) is 14.4. The first-order valence-corrected chi connectivity index (χ1v) is 15.1. The van der Waals surface area contributed by atoms with Crippen molar-refractivity contribution in [1.29, 1.82) is 0 Å². The molecule has 2 N–H and O–H groups in total. The summed E-state index contributed by atoms with van der Waals surface area (Å²) >= 11 is 0. The number of nitrogens with one attached hydrogen (secondary N) is 2. The Hall–Kier alpha value is -5.84. The normalized spacial score (nSPS) is 20.1. The first-order chi connectivity index (χ1) is 23.7. The second-order valence-corrected chi connectivity index (χ2v) is 10.7. The lowest BCUT2D eigenvalue weighted by molar-refractivity contribution is -0.257. The van der Waals surface area contributed by atoms with Gasteiger partial charge in [-0.2, -0.15) is 0 Å². The third-order valence-corrected chi connectivity index (χ3v) is 6.68. The molecule has 17 heteroatoms. The van der Waals surface area contributed by atoms with Crippen LogP contribution in [0.2, 0.25) is 0 Å². The molecule has 1 heterocycles. The second kappa shape index (κ2) is 18.6. The topological polar surface area (TPSA) is 225 Å². The molecule has 0 saturated carbocycles. The average Bonchev–Trinajstić information content (AvgIpc) is 3.05. The number of carbonyl (C=O) groups is 8. The summed E-state index contributed by atoms with van der Waals surface area (Å²) < 4.78 is 36.9. The van der Waals surface area contributed by atoms with Crippen molar-refractivity contribution in [1.82, 2.24) is 10.6 Å². The van der Waals surface area contributed by atoms with Crippen LogP contribution in [0.25, 0.3) is 0 Å². The standard InChI is InChI=1S/C33H36N2O15/c1-18(36)44-17-25-27(46-19(2)37)28(47-20(3)38)29(48-21(4)39)30(49-25)35-26(40)15-24(32(42)45-16-22-11-7-5-8-12-22)34-33(43)50-31(41)23-13-9-6-10-14-23/h5-14,24-25,27-30H,15-17H2,1-4H3,(H,34,43)(H,35,40)/t24-,25+,27+,28-,29+,30+/m0/s1. The zero-order valence-corrected chi connectivity index (χ0v) is 27.5. The number of rotatable bonds is 13. The lowest BCUT2D eigenvalue weighted by atomic mass is 9.97. The molecular formula is C33H36N2O15. The van der Waals surface area contributed by atoms with Crippen molar-refractivity contribution in [3.63, 3.8) is 0 Å². The lowest BCUT2D eigenvalue weighted by Gasteiger charge is -2.44. The van der Waals surface area contributed by atoms with Crippen molar-refractivity contribution in [2.24, 2.45) is 0 Å². The van der Waals surface area contributed by atoms with Gasteiger partial charge in [0.15, 0.2) is 24.5 Å². The van der Waals surface area contributed by atoms with E-state index in [0.29, 0.717) is 5.56 Å². The Labute approximate surface area is 285 Å². The molecule has 0 radical (unpaired) electrons. The van der Waals surface area contributed by atoms with Crippen molar-refractivity contribution in [3.05, 3.63) is 71.8 Å². The molecule has 0 spiro atoms. The molecule has 17 nitrogen and oxygen atoms in total. The van der Waals surface area contributed by atoms with Crippen LogP contribution in [-0.4, -0.2) is 91.1 Å². The molecular weight excluding hydrogens is 664 g/mol. The highest BCUT2D eigenvalue weighted by Gasteiger charge is 2.52. The summed E-state index contributed by atoms with van der Waals surface area (Å²) in [6, 6.07) is 14.2. The van der Waals surface area contributed by atoms with Gasteiger partial charge in [0.2, 0.25) is 5.91 Å². The maximum atomic E-state index is 13.4. The molecule has 2 aromatic rings. The van der Waals surface area contributed by atoms with Crippen molar-refractivity contribution in [3.8, 4) is 0 Å². The molecule has 50 heavy (non-hydrogen) atoms. The molecule has 3 rings (SSSR count). The smallest absolute Gasteiger partial charge is 0.415 e. The highest BCUT2D eigenvalue weighted by atomic mass is 16.7. The van der Waals surface area contributed by atoms with Crippen molar-refractivity contribution in [2.75, 3.05) is 6.61 Å². The number of hydrogen-bond acceptors (Lipinski definition) is 15. The van der Waals surface area contributed by atoms with Crippen LogP contribution >= 0.6 is 0 Å². The number of hydrogen-bond donors (Lipinski definition) is 2. The monoisotopic (exact) mass is 700 g/mol. The third-order valence-electron chi connectivity index (χ3n) is 6.68. The van der Waals surface area contributed by atoms with Gasteiger partial charge in [0.1, 0.15) is 25.4 Å². The second-order valence-electron chi connectivity index (χ2n) is 10.7. The van der Waals surface area contributed by atoms with Gasteiger partial charge in [-0.25, -0.2) is 14.4 Å². The van der Waals surface area contributed by atoms with Crippen LogP contribution in [0.3, 0.4) is 0 Å². The van der Waals surface area contributed by atoms with E-state index in [-0.39, 0.29) is 12.2 Å². The highest BCUT2D eigenvalue weighted by molar-refractivity contribution is 5.97. The van der Waals surface area contributed by atoms with E-state index in [4.69, 9.17) is 33.2 Å². The van der Waals surface area contributed by atoms with Gasteiger partial charge >= 0.3 is 41.9 Å². The largest absolute Gasteiger partial charge is 0.463 e. The number of carbonyl (C=O) groups excluding carboxylic acids is 8. The van der Waals surface area contributed by atoms with E-state index in [1.807, 2.05) is 0 Å². The lowest BCUT2D eigenvalue weighted by Crippen LogP contribution is -2.66. The number of alkyl carbamates (subject to hydrolysis) is 1. The minimum absolute atomic E-state index is 0.0345. The first kappa shape index (κ1) is 38.6. The molecule has 1 aliphatic rings. The minimum atomic E-state index is -1.74. The van der Waals surface area contributed by atoms with Gasteiger partial charge in [0.05, 0.1) is 12.0 Å². The summed E-state index contributed by atoms with van der Waals surface area (Å²) in [5.41, 5.74) is 0.621. The Morgan fingerprint density at radius 2 is 1.26 bits per heavy atom. The SMILES string of the molecule is CC(=O)OC[C@H]1O[C@@H](NC(=O)C[C@H](NC(=O)OC(=O)c2ccccc2)C(=O)OCc2ccccc2)[C@H](OC(C)=O)[C@@H](OC(C)=O)[C@@H]1OC(C)=O. The van der Waals surface area contributed by atoms with E-state index in [0.717, 1.165) is 27.7 Å². The zero-order valence-electron chi connectivity index (χ0n) is 27.5. The maximum Gasteiger partial charge on any atom is 0.415 e. The third kappa shape index (κ3) is 12.3. The first-order valence-electron chi connectivity index (χ1n) is 15.1. The molecule has 2 aromatic carbocycles. The van der Waals surface area contributed by atoms with Gasteiger partial charge in [-0.1, -0.05) is 48.5 Å². The number of amides is 2. The summed E-state index contributed by atoms with van der Waals surface area (Å²) in [4.78, 5) is 99.5. The van der Waals surface area contributed by atoms with E-state index < -0.39 is 97.5 Å². The molecule has 0 aromatic heterocycles. The molecule has 268 valence electrons. The van der Waals surface area contributed by atoms with Crippen LogP contribution < -0.4 is 10.6 Å². The summed E-state index contributed by atoms with van der Waals surface area (Å²) in [6.07, 6.45) is -9.93. The van der Waals surface area contributed by atoms with Crippen LogP contribution in [-0.2, 0) is 68.5 Å². The van der Waals surface area contributed by atoms with E-state index in [1.54, 1.807) is 36.4 Å². The van der Waals surface area contributed by atoms with Gasteiger partial charge < -0.3 is 43.8 Å². The van der Waals surface area contributed by atoms with Gasteiger partial charge in [0.25, 0.3) is 0 Å². The van der Waals surface area contributed by atoms with Crippen molar-refractivity contribution in [2.45, 2.75) is 77.4 Å². The molecule has 2 amide bonds. The Balaban J connectivity index is 1.86. The number of esters is 6. The Morgan fingerprint density at radius 3 is 1.84 bits per heavy atom. The van der Waals surface area contributed by atoms with Gasteiger partial charge in [-0.15, -0.1) is 0 Å². The van der Waals surface area contributed by atoms with E-state index in [1.165, 1.54) is 24.3 Å². The summed E-state index contributed by atoms with van der Waals surface area (Å²) in [6.45, 7) is 3.39. The van der Waals surface area contributed by atoms with Crippen LogP contribution in [0.5, 0.6) is 0 Å². The predicted molar refractivity (Wildman–Crippen MR) is 165 cm³/mol. The van der Waals surface area contributed by atoms with Crippen LogP contribution in [0.1, 0.15) is 50.0 Å². The quantitative estimate of drug-likeness (QED) is 0.170. The van der Waals surface area contributed by atoms with Crippen LogP contribution in [0.15, 0.2) is 60.7 Å². The molecule has 1 saturated heterocycles. The fourth-order valence-corrected chi connectivity index (χ4v) is 4.66. The fraction of sp³-hybridized carbons (Fsp3) is 0.394. The molecule has 1 aliphatic heterocycles. The van der Waals surface area contributed by atoms with Gasteiger partial charge in [0, 0.05) is 27.7 Å². The number of benzene rings is 2. The molecule has 1 fully saturated rings. The van der Waals surface area contributed by atoms with E-state index >= 15 is 0 Å². The average molecular weight is 701 g/mol. The van der Waals surface area contributed by atoms with Gasteiger partial charge in [-0.05, 0) is 17.7 Å². The van der Waals surface area contributed by atoms with Gasteiger partial charge in [-0.3, -0.25) is 24.0 Å². The van der Waals surface area contributed by atoms with E-state index in [9.17, 15) is 38.4 Å². The molecule has 0 aliphatic carbocycles. The predicted octanol–water partition coefficient (Wildman–Crippen LogP) is 1.25. The van der Waals surface area contributed by atoms with Crippen molar-refractivity contribution < 1.29 is 71.5 Å². The van der Waals surface area contributed by atoms with E-state index in [2.05, 4.69) is 10.6 Å².